The van der Waals surface area contributed by atoms with E-state index < -0.39 is 5.60 Å². The Labute approximate surface area is 211 Å². The lowest BCUT2D eigenvalue weighted by Crippen LogP contribution is -2.41. The molecular weight excluding hydrogens is 486 g/mol. The average Bonchev–Trinajstić information content (AvgIpc) is 3.45. The lowest BCUT2D eigenvalue weighted by molar-refractivity contribution is 0.0203. The van der Waals surface area contributed by atoms with Gasteiger partial charge in [0.15, 0.2) is 0 Å². The van der Waals surface area contributed by atoms with Crippen LogP contribution in [0.1, 0.15) is 45.2 Å². The topological polar surface area (TPSA) is 92.6 Å². The van der Waals surface area contributed by atoms with Crippen LogP contribution in [0.25, 0.3) is 27.5 Å². The van der Waals surface area contributed by atoms with Crippen molar-refractivity contribution in [3.63, 3.8) is 0 Å². The lowest BCUT2D eigenvalue weighted by atomic mass is 9.93. The quantitative estimate of drug-likeness (QED) is 0.387. The molecular formula is C25H26ClN5O3S. The number of fused-ring (bicyclic) bond motifs is 1. The molecule has 0 aliphatic carbocycles. The molecule has 182 valence electrons. The van der Waals surface area contributed by atoms with Crippen LogP contribution in [0.2, 0.25) is 5.02 Å². The summed E-state index contributed by atoms with van der Waals surface area (Å²) in [5.74, 6) is 0.101. The van der Waals surface area contributed by atoms with Gasteiger partial charge >= 0.3 is 6.09 Å². The maximum atomic E-state index is 12.6. The lowest BCUT2D eigenvalue weighted by Gasteiger charge is -2.33. The molecule has 1 fully saturated rings. The van der Waals surface area contributed by atoms with Crippen LogP contribution in [-0.2, 0) is 4.74 Å². The van der Waals surface area contributed by atoms with E-state index in [-0.39, 0.29) is 17.6 Å². The van der Waals surface area contributed by atoms with Gasteiger partial charge in [-0.15, -0.1) is 11.3 Å². The fourth-order valence-electron chi connectivity index (χ4n) is 4.32. The highest BCUT2D eigenvalue weighted by Gasteiger charge is 2.29. The van der Waals surface area contributed by atoms with Crippen molar-refractivity contribution in [1.82, 2.24) is 24.5 Å². The summed E-state index contributed by atoms with van der Waals surface area (Å²) in [7, 11) is 0. The van der Waals surface area contributed by atoms with Crippen molar-refractivity contribution in [2.75, 3.05) is 13.1 Å². The predicted molar refractivity (Wildman–Crippen MR) is 137 cm³/mol. The minimum Gasteiger partial charge on any atom is -0.444 e. The van der Waals surface area contributed by atoms with Crippen molar-refractivity contribution in [1.29, 1.82) is 0 Å². The molecule has 4 heterocycles. The van der Waals surface area contributed by atoms with Gasteiger partial charge in [0.2, 0.25) is 0 Å². The van der Waals surface area contributed by atoms with Gasteiger partial charge in [-0.3, -0.25) is 4.79 Å². The number of aromatic nitrogens is 4. The Morgan fingerprint density at radius 1 is 1.23 bits per heavy atom. The fourth-order valence-corrected chi connectivity index (χ4v) is 5.35. The maximum absolute atomic E-state index is 12.6. The number of likely N-dealkylation sites (tertiary alicyclic amines) is 1. The third kappa shape index (κ3) is 4.97. The number of carbonyl (C=O) groups excluding carboxylic acids is 1. The van der Waals surface area contributed by atoms with Gasteiger partial charge in [0.1, 0.15) is 16.3 Å². The molecule has 1 aliphatic rings. The van der Waals surface area contributed by atoms with Crippen LogP contribution in [0.5, 0.6) is 0 Å². The number of rotatable bonds is 3. The van der Waals surface area contributed by atoms with Gasteiger partial charge in [-0.05, 0) is 45.7 Å². The maximum Gasteiger partial charge on any atom is 0.410 e. The highest BCUT2D eigenvalue weighted by Crippen LogP contribution is 2.33. The summed E-state index contributed by atoms with van der Waals surface area (Å²) in [5, 5.41) is 7.99. The zero-order chi connectivity index (χ0) is 24.7. The third-order valence-corrected chi connectivity index (χ3v) is 7.06. The molecule has 5 rings (SSSR count). The number of H-pyrrole nitrogens is 1. The van der Waals surface area contributed by atoms with E-state index in [2.05, 4.69) is 10.1 Å². The van der Waals surface area contributed by atoms with E-state index in [1.54, 1.807) is 21.7 Å². The van der Waals surface area contributed by atoms with E-state index in [4.69, 9.17) is 21.3 Å². The molecule has 0 unspecified atom stereocenters. The van der Waals surface area contributed by atoms with E-state index >= 15 is 0 Å². The molecule has 1 saturated heterocycles. The number of halogens is 1. The minimum atomic E-state index is -0.527. The molecule has 35 heavy (non-hydrogen) atoms. The van der Waals surface area contributed by atoms with Crippen molar-refractivity contribution in [3.05, 3.63) is 63.0 Å². The second kappa shape index (κ2) is 9.13. The Balaban J connectivity index is 1.41. The number of amides is 1. The Hall–Kier alpha value is -3.17. The smallest absolute Gasteiger partial charge is 0.410 e. The standard InChI is InChI=1S/C25H26ClN5O3S/c1-25(2,3)34-24(33)30-9-7-15(8-10-30)20-12-21(32)29-22-18(13-27-31(20)22)23-28-19(14-35-23)16-5-4-6-17(26)11-16/h4-6,11-15H,7-10H2,1-3H3,(H,29,32). The number of hydrogen-bond acceptors (Lipinski definition) is 6. The Morgan fingerprint density at radius 2 is 2.00 bits per heavy atom. The molecule has 0 saturated carbocycles. The van der Waals surface area contributed by atoms with Gasteiger partial charge in [0.05, 0.1) is 23.1 Å². The molecule has 1 aromatic carbocycles. The molecule has 3 aromatic heterocycles. The van der Waals surface area contributed by atoms with Crippen molar-refractivity contribution < 1.29 is 9.53 Å². The molecule has 4 aromatic rings. The largest absolute Gasteiger partial charge is 0.444 e. The summed E-state index contributed by atoms with van der Waals surface area (Å²) in [5.41, 5.74) is 3.27. The molecule has 1 N–H and O–H groups in total. The van der Waals surface area contributed by atoms with Crippen LogP contribution in [0.3, 0.4) is 0 Å². The first-order valence-corrected chi connectivity index (χ1v) is 12.7. The monoisotopic (exact) mass is 511 g/mol. The zero-order valence-corrected chi connectivity index (χ0v) is 21.3. The van der Waals surface area contributed by atoms with Crippen LogP contribution in [0, 0.1) is 0 Å². The van der Waals surface area contributed by atoms with E-state index in [9.17, 15) is 9.59 Å². The average molecular weight is 512 g/mol. The number of ether oxygens (including phenoxy) is 1. The summed E-state index contributed by atoms with van der Waals surface area (Å²) in [6.07, 6.45) is 2.89. The number of hydrogen-bond donors (Lipinski definition) is 1. The number of benzene rings is 1. The normalized spacial score (nSPS) is 15.0. The van der Waals surface area contributed by atoms with Gasteiger partial charge in [-0.1, -0.05) is 23.7 Å². The zero-order valence-electron chi connectivity index (χ0n) is 19.7. The van der Waals surface area contributed by atoms with Gasteiger partial charge in [-0.25, -0.2) is 14.3 Å². The molecule has 10 heteroatoms. The first-order valence-electron chi connectivity index (χ1n) is 11.5. The molecule has 1 amide bonds. The molecule has 0 radical (unpaired) electrons. The van der Waals surface area contributed by atoms with E-state index in [0.29, 0.717) is 23.8 Å². The van der Waals surface area contributed by atoms with Crippen LogP contribution < -0.4 is 5.56 Å². The van der Waals surface area contributed by atoms with Crippen LogP contribution in [0.4, 0.5) is 4.79 Å². The fraction of sp³-hybridized carbons (Fsp3) is 0.360. The van der Waals surface area contributed by atoms with Gasteiger partial charge in [-0.2, -0.15) is 5.10 Å². The first kappa shape index (κ1) is 23.6. The number of nitrogens with zero attached hydrogens (tertiary/aromatic N) is 4. The molecule has 8 nitrogen and oxygen atoms in total. The highest BCUT2D eigenvalue weighted by atomic mass is 35.5. The van der Waals surface area contributed by atoms with Crippen LogP contribution >= 0.6 is 22.9 Å². The van der Waals surface area contributed by atoms with Gasteiger partial charge in [0.25, 0.3) is 5.56 Å². The summed E-state index contributed by atoms with van der Waals surface area (Å²) >= 11 is 7.63. The van der Waals surface area contributed by atoms with Gasteiger partial charge in [0, 0.05) is 41.0 Å². The van der Waals surface area contributed by atoms with Gasteiger partial charge < -0.3 is 14.6 Å². The minimum absolute atomic E-state index is 0.101. The van der Waals surface area contributed by atoms with E-state index in [1.807, 2.05) is 50.4 Å². The predicted octanol–water partition coefficient (Wildman–Crippen LogP) is 5.58. The summed E-state index contributed by atoms with van der Waals surface area (Å²) in [6, 6.07) is 9.17. The SMILES string of the molecule is CC(C)(C)OC(=O)N1CCC(c2cc(=O)[nH]c3c(-c4nc(-c5cccc(Cl)c5)cs4)cnn23)CC1. The van der Waals surface area contributed by atoms with Crippen molar-refractivity contribution in [2.24, 2.45) is 0 Å². The van der Waals surface area contributed by atoms with Crippen molar-refractivity contribution >= 4 is 34.7 Å². The number of thiazole rings is 1. The number of aromatic amines is 1. The van der Waals surface area contributed by atoms with Crippen LogP contribution in [-0.4, -0.2) is 49.3 Å². The summed E-state index contributed by atoms with van der Waals surface area (Å²) in [4.78, 5) is 34.5. The van der Waals surface area contributed by atoms with E-state index in [0.717, 1.165) is 40.4 Å². The Bertz CT molecular complexity index is 1440. The van der Waals surface area contributed by atoms with Crippen molar-refractivity contribution in [3.8, 4) is 21.8 Å². The summed E-state index contributed by atoms with van der Waals surface area (Å²) in [6.45, 7) is 6.72. The molecule has 0 bridgehead atoms. The summed E-state index contributed by atoms with van der Waals surface area (Å²) < 4.78 is 7.30. The third-order valence-electron chi connectivity index (χ3n) is 5.95. The second-order valence-electron chi connectivity index (χ2n) is 9.67. The van der Waals surface area contributed by atoms with Crippen molar-refractivity contribution in [2.45, 2.75) is 45.1 Å². The number of piperidine rings is 1. The molecule has 0 atom stereocenters. The van der Waals surface area contributed by atoms with E-state index in [1.165, 1.54) is 11.3 Å². The molecule has 1 aliphatic heterocycles. The Morgan fingerprint density at radius 3 is 2.71 bits per heavy atom. The first-order chi connectivity index (χ1) is 16.7. The second-order valence-corrected chi connectivity index (χ2v) is 11.0. The highest BCUT2D eigenvalue weighted by molar-refractivity contribution is 7.13. The number of nitrogens with one attached hydrogen (secondary N) is 1. The molecule has 0 spiro atoms. The number of carbonyl (C=O) groups is 1. The van der Waals surface area contributed by atoms with Crippen LogP contribution in [0.15, 0.2) is 46.7 Å². The Kier molecular flexibility index (Phi) is 6.14.